The van der Waals surface area contributed by atoms with E-state index in [1.54, 1.807) is 18.2 Å². The highest BCUT2D eigenvalue weighted by Crippen LogP contribution is 2.64. The van der Waals surface area contributed by atoms with Crippen molar-refractivity contribution in [2.75, 3.05) is 11.9 Å². The molecule has 7 heteroatoms. The molecule has 6 rings (SSSR count). The Morgan fingerprint density at radius 1 is 1.19 bits per heavy atom. The van der Waals surface area contributed by atoms with Crippen LogP contribution in [-0.4, -0.2) is 37.1 Å². The Morgan fingerprint density at radius 2 is 2.00 bits per heavy atom. The zero-order valence-corrected chi connectivity index (χ0v) is 15.9. The minimum atomic E-state index is -3.49. The van der Waals surface area contributed by atoms with Gasteiger partial charge in [0.1, 0.15) is 5.54 Å². The summed E-state index contributed by atoms with van der Waals surface area (Å²) in [5, 5.41) is 2.97. The van der Waals surface area contributed by atoms with Crippen molar-refractivity contribution in [2.24, 2.45) is 0 Å². The predicted molar refractivity (Wildman–Crippen MR) is 102 cm³/mol. The van der Waals surface area contributed by atoms with Crippen molar-refractivity contribution in [3.05, 3.63) is 58.6 Å². The maximum Gasteiger partial charge on any atom is 0.250 e. The van der Waals surface area contributed by atoms with Crippen LogP contribution in [0.1, 0.15) is 29.9 Å². The van der Waals surface area contributed by atoms with Gasteiger partial charge in [0.15, 0.2) is 9.84 Å². The number of rotatable bonds is 0. The summed E-state index contributed by atoms with van der Waals surface area (Å²) in [4.78, 5) is 16.0. The van der Waals surface area contributed by atoms with Crippen molar-refractivity contribution < 1.29 is 13.2 Å². The number of carbonyl (C=O) groups excluding carboxylic acids is 1. The third-order valence-corrected chi connectivity index (χ3v) is 9.34. The number of halogens is 1. The van der Waals surface area contributed by atoms with E-state index in [2.05, 4.69) is 10.2 Å². The summed E-state index contributed by atoms with van der Waals surface area (Å²) in [7, 11) is -3.49. The third-order valence-electron chi connectivity index (χ3n) is 6.82. The molecule has 2 fully saturated rings. The van der Waals surface area contributed by atoms with Crippen LogP contribution in [0, 0.1) is 0 Å². The van der Waals surface area contributed by atoms with E-state index in [9.17, 15) is 13.2 Å². The molecule has 4 heterocycles. The van der Waals surface area contributed by atoms with E-state index in [1.165, 1.54) is 0 Å². The molecule has 0 radical (unpaired) electrons. The second kappa shape index (κ2) is 4.93. The molecule has 5 nitrogen and oxygen atoms in total. The molecule has 138 valence electrons. The van der Waals surface area contributed by atoms with Gasteiger partial charge < -0.3 is 5.32 Å². The Bertz CT molecular complexity index is 1130. The van der Waals surface area contributed by atoms with Gasteiger partial charge in [-0.3, -0.25) is 9.69 Å². The van der Waals surface area contributed by atoms with E-state index in [4.69, 9.17) is 11.6 Å². The molecule has 1 N–H and O–H groups in total. The number of hydrogen-bond donors (Lipinski definition) is 1. The highest BCUT2D eigenvalue weighted by atomic mass is 35.5. The Balaban J connectivity index is 1.72. The highest BCUT2D eigenvalue weighted by Gasteiger charge is 2.72. The van der Waals surface area contributed by atoms with E-state index >= 15 is 0 Å². The largest absolute Gasteiger partial charge is 0.324 e. The van der Waals surface area contributed by atoms with Gasteiger partial charge in [0.05, 0.1) is 10.1 Å². The summed E-state index contributed by atoms with van der Waals surface area (Å²) < 4.78 is 26.9. The fourth-order valence-corrected chi connectivity index (χ4v) is 8.67. The van der Waals surface area contributed by atoms with Gasteiger partial charge in [0.2, 0.25) is 5.91 Å². The average molecular weight is 401 g/mol. The molecule has 1 spiro atoms. The zero-order valence-electron chi connectivity index (χ0n) is 14.4. The number of nitrogens with zero attached hydrogens (tertiary/aromatic N) is 1. The van der Waals surface area contributed by atoms with Crippen molar-refractivity contribution in [3.8, 4) is 0 Å². The maximum absolute atomic E-state index is 13.5. The molecule has 0 unspecified atom stereocenters. The van der Waals surface area contributed by atoms with Crippen LogP contribution < -0.4 is 5.32 Å². The second-order valence-electron chi connectivity index (χ2n) is 7.84. The lowest BCUT2D eigenvalue weighted by atomic mass is 9.75. The molecule has 0 saturated carbocycles. The van der Waals surface area contributed by atoms with Gasteiger partial charge in [-0.1, -0.05) is 29.8 Å². The SMILES string of the molecule is O=C1Nc2ccc(Cl)cc2[C@@]12[C@@H]1c3ccccc3S(=O)(=O)[C@@H]1[C@H]1CCCN12. The lowest BCUT2D eigenvalue weighted by Gasteiger charge is -2.37. The standard InChI is InChI=1S/C20H17ClN2O3S/c21-11-7-8-14-13(10-11)20(19(24)22-14)17-12-4-1-2-6-16(12)27(25,26)18(17)15-5-3-9-23(15)20/h1-2,4,6-8,10,15,17-18H,3,5,9H2,(H,22,24)/t15-,17-,18-,20-/m1/s1. The minimum Gasteiger partial charge on any atom is -0.324 e. The number of anilines is 1. The van der Waals surface area contributed by atoms with E-state index in [0.717, 1.165) is 29.7 Å². The Kier molecular flexibility index (Phi) is 2.94. The van der Waals surface area contributed by atoms with E-state index in [0.29, 0.717) is 16.5 Å². The number of fused-ring (bicyclic) bond motifs is 9. The fourth-order valence-electron chi connectivity index (χ4n) is 6.02. The molecule has 2 saturated heterocycles. The monoisotopic (exact) mass is 400 g/mol. The molecular formula is C20H17ClN2O3S. The minimum absolute atomic E-state index is 0.133. The van der Waals surface area contributed by atoms with Crippen LogP contribution in [0.5, 0.6) is 0 Å². The first-order valence-corrected chi connectivity index (χ1v) is 11.1. The second-order valence-corrected chi connectivity index (χ2v) is 10.3. The number of sulfone groups is 1. The number of carbonyl (C=O) groups is 1. The summed E-state index contributed by atoms with van der Waals surface area (Å²) >= 11 is 6.30. The molecule has 4 atom stereocenters. The topological polar surface area (TPSA) is 66.5 Å². The van der Waals surface area contributed by atoms with Crippen molar-refractivity contribution in [1.82, 2.24) is 4.90 Å². The maximum atomic E-state index is 13.5. The Hall–Kier alpha value is -1.89. The Labute approximate surface area is 162 Å². The lowest BCUT2D eigenvalue weighted by molar-refractivity contribution is -0.127. The summed E-state index contributed by atoms with van der Waals surface area (Å²) in [6.45, 7) is 0.717. The van der Waals surface area contributed by atoms with Crippen molar-refractivity contribution >= 4 is 33.0 Å². The van der Waals surface area contributed by atoms with Gasteiger partial charge in [0, 0.05) is 28.2 Å². The van der Waals surface area contributed by atoms with E-state index < -0.39 is 26.5 Å². The van der Waals surface area contributed by atoms with Crippen LogP contribution in [0.15, 0.2) is 47.4 Å². The number of amides is 1. The highest BCUT2D eigenvalue weighted by molar-refractivity contribution is 7.92. The summed E-state index contributed by atoms with van der Waals surface area (Å²) in [6.07, 6.45) is 1.68. The molecule has 4 aliphatic rings. The van der Waals surface area contributed by atoms with Gasteiger partial charge in [-0.05, 0) is 49.2 Å². The zero-order chi connectivity index (χ0) is 18.6. The predicted octanol–water partition coefficient (Wildman–Crippen LogP) is 2.91. The van der Waals surface area contributed by atoms with Crippen molar-refractivity contribution in [3.63, 3.8) is 0 Å². The molecule has 2 aromatic carbocycles. The molecule has 0 aromatic heterocycles. The first-order valence-electron chi connectivity index (χ1n) is 9.18. The van der Waals surface area contributed by atoms with E-state index in [-0.39, 0.29) is 11.9 Å². The van der Waals surface area contributed by atoms with Crippen LogP contribution in [0.3, 0.4) is 0 Å². The average Bonchev–Trinajstić information content (AvgIpc) is 3.33. The molecule has 27 heavy (non-hydrogen) atoms. The molecule has 0 aliphatic carbocycles. The van der Waals surface area contributed by atoms with Crippen molar-refractivity contribution in [2.45, 2.75) is 40.5 Å². The van der Waals surface area contributed by atoms with Crippen LogP contribution in [0.2, 0.25) is 5.02 Å². The summed E-state index contributed by atoms with van der Waals surface area (Å²) in [5.74, 6) is -0.546. The van der Waals surface area contributed by atoms with Gasteiger partial charge in [-0.15, -0.1) is 0 Å². The third kappa shape index (κ3) is 1.67. The van der Waals surface area contributed by atoms with Gasteiger partial charge in [-0.25, -0.2) is 8.42 Å². The molecular weight excluding hydrogens is 384 g/mol. The first kappa shape index (κ1) is 16.1. The van der Waals surface area contributed by atoms with Gasteiger partial charge in [0.25, 0.3) is 0 Å². The normalized spacial score (nSPS) is 35.0. The van der Waals surface area contributed by atoms with Crippen LogP contribution in [-0.2, 0) is 20.2 Å². The Morgan fingerprint density at radius 3 is 2.85 bits per heavy atom. The summed E-state index contributed by atoms with van der Waals surface area (Å²) in [5.41, 5.74) is 1.30. The molecule has 1 amide bonds. The number of nitrogens with one attached hydrogen (secondary N) is 1. The molecule has 4 aliphatic heterocycles. The van der Waals surface area contributed by atoms with Crippen LogP contribution in [0.25, 0.3) is 0 Å². The first-order chi connectivity index (χ1) is 13.0. The summed E-state index contributed by atoms with van der Waals surface area (Å²) in [6, 6.07) is 12.4. The number of benzene rings is 2. The fraction of sp³-hybridized carbons (Fsp3) is 0.350. The van der Waals surface area contributed by atoms with E-state index in [1.807, 2.05) is 24.3 Å². The van der Waals surface area contributed by atoms with Crippen molar-refractivity contribution in [1.29, 1.82) is 0 Å². The lowest BCUT2D eigenvalue weighted by Crippen LogP contribution is -2.50. The van der Waals surface area contributed by atoms with Crippen LogP contribution >= 0.6 is 11.6 Å². The molecule has 2 aromatic rings. The van der Waals surface area contributed by atoms with Gasteiger partial charge in [-0.2, -0.15) is 0 Å². The van der Waals surface area contributed by atoms with Gasteiger partial charge >= 0.3 is 0 Å². The smallest absolute Gasteiger partial charge is 0.250 e. The quantitative estimate of drug-likeness (QED) is 0.738. The number of hydrogen-bond acceptors (Lipinski definition) is 4. The van der Waals surface area contributed by atoms with Crippen LogP contribution in [0.4, 0.5) is 5.69 Å². The molecule has 0 bridgehead atoms.